The fourth-order valence-corrected chi connectivity index (χ4v) is 2.35. The van der Waals surface area contributed by atoms with E-state index in [1.165, 1.54) is 0 Å². The van der Waals surface area contributed by atoms with Crippen molar-refractivity contribution < 1.29 is 29.4 Å². The molecule has 0 amide bonds. The lowest BCUT2D eigenvalue weighted by molar-refractivity contribution is -0.790. The minimum Gasteiger partial charge on any atom is -0.466 e. The molecule has 1 fully saturated rings. The molecule has 1 rings (SSSR count). The fourth-order valence-electron chi connectivity index (χ4n) is 2.35. The average Bonchev–Trinajstić information content (AvgIpc) is 2.43. The molecule has 1 unspecified atom stereocenters. The lowest BCUT2D eigenvalue weighted by Crippen LogP contribution is -2.43. The summed E-state index contributed by atoms with van der Waals surface area (Å²) in [6.45, 7) is 1.80. The van der Waals surface area contributed by atoms with Crippen LogP contribution in [0, 0.1) is 26.1 Å². The van der Waals surface area contributed by atoms with Gasteiger partial charge in [-0.1, -0.05) is 0 Å². The van der Waals surface area contributed by atoms with Gasteiger partial charge in [0.25, 0.3) is 10.2 Å². The molecular weight excluding hydrogens is 314 g/mol. The molecule has 11 heteroatoms. The Hall–Kier alpha value is -2.17. The van der Waals surface area contributed by atoms with E-state index in [1.807, 2.05) is 7.05 Å². The minimum absolute atomic E-state index is 0.0962. The van der Waals surface area contributed by atoms with Gasteiger partial charge in [-0.25, -0.2) is 0 Å². The predicted molar refractivity (Wildman–Crippen MR) is 75.2 cm³/mol. The van der Waals surface area contributed by atoms with E-state index in [4.69, 9.17) is 4.74 Å². The maximum Gasteiger partial charge on any atom is 0.305 e. The van der Waals surface area contributed by atoms with Crippen LogP contribution in [0.15, 0.2) is 0 Å². The van der Waals surface area contributed by atoms with Crippen LogP contribution >= 0.6 is 0 Å². The van der Waals surface area contributed by atoms with Crippen molar-refractivity contribution in [1.82, 2.24) is 4.90 Å². The zero-order valence-electron chi connectivity index (χ0n) is 12.9. The maximum atomic E-state index is 11.5. The molecule has 0 N–H and O–H groups in total. The second-order valence-corrected chi connectivity index (χ2v) is 5.46. The highest BCUT2D eigenvalue weighted by Crippen LogP contribution is 2.18. The number of carbonyl (C=O) groups is 1. The van der Waals surface area contributed by atoms with E-state index in [0.717, 1.165) is 25.9 Å². The molecule has 0 saturated carbocycles. The summed E-state index contributed by atoms with van der Waals surface area (Å²) in [4.78, 5) is 42.3. The van der Waals surface area contributed by atoms with E-state index in [2.05, 4.69) is 14.6 Å². The van der Waals surface area contributed by atoms with Gasteiger partial charge in [-0.15, -0.1) is 20.2 Å². The van der Waals surface area contributed by atoms with E-state index >= 15 is 0 Å². The Bertz CT molecular complexity index is 413. The van der Waals surface area contributed by atoms with Crippen LogP contribution < -0.4 is 0 Å². The fraction of sp³-hybridized carbons (Fsp3) is 0.917. The van der Waals surface area contributed by atoms with Gasteiger partial charge in [0.2, 0.25) is 0 Å². The van der Waals surface area contributed by atoms with Crippen LogP contribution in [0.2, 0.25) is 0 Å². The Morgan fingerprint density at radius 2 is 2.00 bits per heavy atom. The summed E-state index contributed by atoms with van der Waals surface area (Å²) in [7, 11) is 2.04. The van der Waals surface area contributed by atoms with Gasteiger partial charge in [-0.05, 0) is 32.2 Å². The molecule has 11 nitrogen and oxygen atoms in total. The maximum absolute atomic E-state index is 11.5. The van der Waals surface area contributed by atoms with Gasteiger partial charge in [0, 0.05) is 19.5 Å². The van der Waals surface area contributed by atoms with Crippen molar-refractivity contribution in [3.8, 4) is 0 Å². The number of rotatable bonds is 12. The van der Waals surface area contributed by atoms with E-state index in [1.54, 1.807) is 0 Å². The highest BCUT2D eigenvalue weighted by Gasteiger charge is 2.22. The molecular formula is C12H21N3O8. The predicted octanol–water partition coefficient (Wildman–Crippen LogP) is 0.437. The van der Waals surface area contributed by atoms with Crippen LogP contribution in [0.5, 0.6) is 0 Å². The third kappa shape index (κ3) is 8.76. The molecule has 1 atom stereocenters. The summed E-state index contributed by atoms with van der Waals surface area (Å²) in [5.41, 5.74) is 0. The molecule has 0 spiro atoms. The number of nitrogens with zero attached hydrogens (tertiary/aromatic N) is 3. The van der Waals surface area contributed by atoms with Crippen molar-refractivity contribution >= 4 is 5.97 Å². The normalized spacial score (nSPS) is 16.2. The molecule has 0 aromatic heterocycles. The van der Waals surface area contributed by atoms with Gasteiger partial charge in [-0.3, -0.25) is 4.79 Å². The van der Waals surface area contributed by atoms with Gasteiger partial charge >= 0.3 is 5.97 Å². The van der Waals surface area contributed by atoms with Gasteiger partial charge in [0.05, 0.1) is 6.61 Å². The van der Waals surface area contributed by atoms with Crippen LogP contribution in [0.3, 0.4) is 0 Å². The highest BCUT2D eigenvalue weighted by molar-refractivity contribution is 5.69. The van der Waals surface area contributed by atoms with Crippen molar-refractivity contribution in [2.75, 3.05) is 33.4 Å². The summed E-state index contributed by atoms with van der Waals surface area (Å²) in [5, 5.41) is 18.2. The molecule has 132 valence electrons. The van der Waals surface area contributed by atoms with Crippen LogP contribution in [0.25, 0.3) is 0 Å². The molecule has 23 heavy (non-hydrogen) atoms. The molecule has 1 aliphatic heterocycles. The first-order chi connectivity index (χ1) is 10.9. The van der Waals surface area contributed by atoms with Crippen molar-refractivity contribution in [1.29, 1.82) is 0 Å². The van der Waals surface area contributed by atoms with Crippen molar-refractivity contribution in [2.24, 2.45) is 5.92 Å². The van der Waals surface area contributed by atoms with Gasteiger partial charge < -0.3 is 19.3 Å². The number of carbonyl (C=O) groups excluding carboxylic acids is 1. The zero-order valence-corrected chi connectivity index (χ0v) is 12.9. The average molecular weight is 335 g/mol. The summed E-state index contributed by atoms with van der Waals surface area (Å²) >= 11 is 0. The lowest BCUT2D eigenvalue weighted by Gasteiger charge is -2.36. The number of likely N-dealkylation sites (tertiary alicyclic amines) is 1. The number of hydrogen-bond acceptors (Lipinski definition) is 9. The lowest BCUT2D eigenvalue weighted by atomic mass is 9.96. The van der Waals surface area contributed by atoms with Crippen molar-refractivity contribution in [2.45, 2.75) is 31.8 Å². The third-order valence-corrected chi connectivity index (χ3v) is 3.43. The number of ether oxygens (including phenoxy) is 1. The summed E-state index contributed by atoms with van der Waals surface area (Å²) in [6.07, 6.45) is 0.339. The smallest absolute Gasteiger partial charge is 0.305 e. The standard InChI is InChI=1S/C12H21N3O8/c1-13-7-10(8-13)3-2-6-21-12(16)5-4-11(23-15(19)20)9-22-14(17)18/h10-11H,2-9H2,1H3. The summed E-state index contributed by atoms with van der Waals surface area (Å²) in [6, 6.07) is 0. The van der Waals surface area contributed by atoms with E-state index in [-0.39, 0.29) is 12.8 Å². The monoisotopic (exact) mass is 335 g/mol. The zero-order chi connectivity index (χ0) is 17.2. The Labute approximate surface area is 132 Å². The van der Waals surface area contributed by atoms with Gasteiger partial charge in [-0.2, -0.15) is 0 Å². The molecule has 1 aliphatic rings. The van der Waals surface area contributed by atoms with Crippen LogP contribution in [-0.4, -0.2) is 60.5 Å². The Morgan fingerprint density at radius 3 is 2.57 bits per heavy atom. The van der Waals surface area contributed by atoms with Crippen LogP contribution in [-0.2, 0) is 19.2 Å². The largest absolute Gasteiger partial charge is 0.466 e. The Balaban J connectivity index is 2.12. The van der Waals surface area contributed by atoms with Gasteiger partial charge in [0.15, 0.2) is 0 Å². The summed E-state index contributed by atoms with van der Waals surface area (Å²) in [5.74, 6) is 0.129. The minimum atomic E-state index is -1.19. The molecule has 0 bridgehead atoms. The van der Waals surface area contributed by atoms with E-state index in [9.17, 15) is 25.0 Å². The summed E-state index contributed by atoms with van der Waals surface area (Å²) < 4.78 is 5.02. The molecule has 0 aromatic rings. The second-order valence-electron chi connectivity index (χ2n) is 5.46. The molecule has 1 saturated heterocycles. The highest BCUT2D eigenvalue weighted by atomic mass is 17.0. The molecule has 1 heterocycles. The Kier molecular flexibility index (Phi) is 8.02. The van der Waals surface area contributed by atoms with E-state index in [0.29, 0.717) is 12.5 Å². The first kappa shape index (κ1) is 18.9. The third-order valence-electron chi connectivity index (χ3n) is 3.43. The topological polar surface area (TPSA) is 134 Å². The quantitative estimate of drug-likeness (QED) is 0.215. The Morgan fingerprint density at radius 1 is 1.30 bits per heavy atom. The van der Waals surface area contributed by atoms with Crippen molar-refractivity contribution in [3.63, 3.8) is 0 Å². The molecule has 0 radical (unpaired) electrons. The van der Waals surface area contributed by atoms with Crippen molar-refractivity contribution in [3.05, 3.63) is 20.2 Å². The van der Waals surface area contributed by atoms with Gasteiger partial charge in [0.1, 0.15) is 12.7 Å². The van der Waals surface area contributed by atoms with E-state index < -0.39 is 28.9 Å². The van der Waals surface area contributed by atoms with Crippen LogP contribution in [0.1, 0.15) is 25.7 Å². The van der Waals surface area contributed by atoms with Crippen LogP contribution in [0.4, 0.5) is 0 Å². The molecule has 0 aromatic carbocycles. The first-order valence-corrected chi connectivity index (χ1v) is 7.29. The first-order valence-electron chi connectivity index (χ1n) is 7.29. The second kappa shape index (κ2) is 9.77. The SMILES string of the molecule is CN1CC(CCCOC(=O)CCC(CO[N+](=O)[O-])O[N+](=O)[O-])C1. The number of hydrogen-bond donors (Lipinski definition) is 0. The molecule has 0 aliphatic carbocycles. The number of esters is 1.